The summed E-state index contributed by atoms with van der Waals surface area (Å²) in [4.78, 5) is 12.1. The molecule has 0 radical (unpaired) electrons. The van der Waals surface area contributed by atoms with Crippen molar-refractivity contribution in [3.63, 3.8) is 0 Å². The van der Waals surface area contributed by atoms with Crippen molar-refractivity contribution < 1.29 is 9.15 Å². The molecule has 0 aliphatic carbocycles. The van der Waals surface area contributed by atoms with Crippen LogP contribution >= 0.6 is 0 Å². The second kappa shape index (κ2) is 4.74. The molecule has 0 saturated heterocycles. The Kier molecular flexibility index (Phi) is 2.91. The third-order valence-corrected chi connectivity index (χ3v) is 3.19. The predicted octanol–water partition coefficient (Wildman–Crippen LogP) is 3.05. The van der Waals surface area contributed by atoms with Crippen LogP contribution in [0, 0.1) is 0 Å². The Balaban J connectivity index is 2.24. The first-order valence-electron chi connectivity index (χ1n) is 6.16. The van der Waals surface area contributed by atoms with Gasteiger partial charge in [0, 0.05) is 22.7 Å². The third kappa shape index (κ3) is 2.01. The third-order valence-electron chi connectivity index (χ3n) is 3.19. The zero-order chi connectivity index (χ0) is 14.1. The van der Waals surface area contributed by atoms with E-state index >= 15 is 0 Å². The highest BCUT2D eigenvalue weighted by Crippen LogP contribution is 2.29. The van der Waals surface area contributed by atoms with Crippen LogP contribution in [0.2, 0.25) is 0 Å². The summed E-state index contributed by atoms with van der Waals surface area (Å²) in [5.41, 5.74) is 7.71. The lowest BCUT2D eigenvalue weighted by atomic mass is 10.0. The van der Waals surface area contributed by atoms with Crippen LogP contribution in [-0.2, 0) is 0 Å². The predicted molar refractivity (Wildman–Crippen MR) is 78.9 cm³/mol. The number of hydrogen-bond acceptors (Lipinski definition) is 4. The maximum Gasteiger partial charge on any atom is 0.344 e. The molecule has 0 bridgehead atoms. The molecule has 3 rings (SSSR count). The van der Waals surface area contributed by atoms with Crippen LogP contribution in [0.25, 0.3) is 22.1 Å². The number of fused-ring (bicyclic) bond motifs is 1. The summed E-state index contributed by atoms with van der Waals surface area (Å²) < 4.78 is 10.4. The van der Waals surface area contributed by atoms with E-state index in [-0.39, 0.29) is 0 Å². The molecule has 2 N–H and O–H groups in total. The summed E-state index contributed by atoms with van der Waals surface area (Å²) in [7, 11) is 1.57. The van der Waals surface area contributed by atoms with Crippen LogP contribution < -0.4 is 16.1 Å². The van der Waals surface area contributed by atoms with Gasteiger partial charge in [-0.3, -0.25) is 0 Å². The van der Waals surface area contributed by atoms with Crippen LogP contribution in [0.15, 0.2) is 57.7 Å². The smallest absolute Gasteiger partial charge is 0.344 e. The lowest BCUT2D eigenvalue weighted by Gasteiger charge is -2.07. The summed E-state index contributed by atoms with van der Waals surface area (Å²) in [6, 6.07) is 14.4. The van der Waals surface area contributed by atoms with Gasteiger partial charge in [-0.05, 0) is 24.3 Å². The van der Waals surface area contributed by atoms with Gasteiger partial charge < -0.3 is 14.9 Å². The Bertz CT molecular complexity index is 836. The number of anilines is 1. The summed E-state index contributed by atoms with van der Waals surface area (Å²) >= 11 is 0. The maximum absolute atomic E-state index is 12.1. The van der Waals surface area contributed by atoms with E-state index in [9.17, 15) is 4.79 Å². The molecule has 0 saturated carbocycles. The fraction of sp³-hybridized carbons (Fsp3) is 0.0625. The Morgan fingerprint density at radius 3 is 2.60 bits per heavy atom. The molecule has 100 valence electrons. The number of nitrogen functional groups attached to an aromatic ring is 1. The number of benzene rings is 2. The Labute approximate surface area is 115 Å². The second-order valence-electron chi connectivity index (χ2n) is 4.44. The van der Waals surface area contributed by atoms with Crippen molar-refractivity contribution in [3.8, 4) is 16.9 Å². The van der Waals surface area contributed by atoms with Gasteiger partial charge in [-0.1, -0.05) is 18.2 Å². The van der Waals surface area contributed by atoms with Crippen LogP contribution in [0.4, 0.5) is 5.69 Å². The minimum absolute atomic E-state index is 0.402. The highest BCUT2D eigenvalue weighted by molar-refractivity contribution is 5.85. The Morgan fingerprint density at radius 2 is 1.85 bits per heavy atom. The van der Waals surface area contributed by atoms with Gasteiger partial charge in [0.05, 0.1) is 12.7 Å². The van der Waals surface area contributed by atoms with Crippen molar-refractivity contribution in [1.82, 2.24) is 0 Å². The quantitative estimate of drug-likeness (QED) is 0.572. The van der Waals surface area contributed by atoms with Crippen molar-refractivity contribution in [2.24, 2.45) is 0 Å². The Hall–Kier alpha value is -2.75. The maximum atomic E-state index is 12.1. The largest absolute Gasteiger partial charge is 0.497 e. The van der Waals surface area contributed by atoms with E-state index in [1.54, 1.807) is 37.4 Å². The van der Waals surface area contributed by atoms with Gasteiger partial charge in [-0.2, -0.15) is 0 Å². The molecule has 4 heteroatoms. The first kappa shape index (κ1) is 12.3. The van der Waals surface area contributed by atoms with Gasteiger partial charge in [0.25, 0.3) is 0 Å². The van der Waals surface area contributed by atoms with Crippen molar-refractivity contribution in [2.75, 3.05) is 12.8 Å². The van der Waals surface area contributed by atoms with Crippen LogP contribution in [0.1, 0.15) is 0 Å². The molecule has 4 nitrogen and oxygen atoms in total. The number of hydrogen-bond donors (Lipinski definition) is 1. The molecule has 20 heavy (non-hydrogen) atoms. The number of methoxy groups -OCH3 is 1. The first-order chi connectivity index (χ1) is 9.69. The lowest BCUT2D eigenvalue weighted by molar-refractivity contribution is 0.415. The topological polar surface area (TPSA) is 65.5 Å². The van der Waals surface area contributed by atoms with Gasteiger partial charge in [-0.25, -0.2) is 4.79 Å². The average molecular weight is 267 g/mol. The summed E-state index contributed by atoms with van der Waals surface area (Å²) in [6.45, 7) is 0. The molecule has 0 spiro atoms. The molecule has 0 fully saturated rings. The van der Waals surface area contributed by atoms with E-state index in [1.807, 2.05) is 18.2 Å². The van der Waals surface area contributed by atoms with Crippen LogP contribution in [0.3, 0.4) is 0 Å². The van der Waals surface area contributed by atoms with Gasteiger partial charge in [0.15, 0.2) is 0 Å². The monoisotopic (exact) mass is 267 g/mol. The van der Waals surface area contributed by atoms with Crippen molar-refractivity contribution in [3.05, 3.63) is 59.0 Å². The standard InChI is InChI=1S/C16H13NO3/c1-19-11-6-7-12(14(17)9-11)13-8-10-4-2-3-5-15(10)20-16(13)18/h2-9H,17H2,1H3. The van der Waals surface area contributed by atoms with Crippen molar-refractivity contribution in [2.45, 2.75) is 0 Å². The Morgan fingerprint density at radius 1 is 1.05 bits per heavy atom. The van der Waals surface area contributed by atoms with Gasteiger partial charge in [-0.15, -0.1) is 0 Å². The minimum Gasteiger partial charge on any atom is -0.497 e. The zero-order valence-electron chi connectivity index (χ0n) is 10.9. The van der Waals surface area contributed by atoms with E-state index < -0.39 is 5.63 Å². The second-order valence-corrected chi connectivity index (χ2v) is 4.44. The summed E-state index contributed by atoms with van der Waals surface area (Å²) in [5, 5.41) is 0.859. The molecule has 0 aliphatic heterocycles. The van der Waals surface area contributed by atoms with E-state index in [0.717, 1.165) is 5.39 Å². The molecular weight excluding hydrogens is 254 g/mol. The zero-order valence-corrected chi connectivity index (χ0v) is 10.9. The van der Waals surface area contributed by atoms with E-state index in [0.29, 0.717) is 28.1 Å². The van der Waals surface area contributed by atoms with Gasteiger partial charge in [0.2, 0.25) is 0 Å². The van der Waals surface area contributed by atoms with E-state index in [4.69, 9.17) is 14.9 Å². The highest BCUT2D eigenvalue weighted by Gasteiger charge is 2.11. The lowest BCUT2D eigenvalue weighted by Crippen LogP contribution is -2.04. The van der Waals surface area contributed by atoms with Crippen molar-refractivity contribution >= 4 is 16.7 Å². The molecule has 2 aromatic carbocycles. The number of para-hydroxylation sites is 1. The molecule has 0 aliphatic rings. The van der Waals surface area contributed by atoms with E-state index in [2.05, 4.69) is 0 Å². The van der Waals surface area contributed by atoms with E-state index in [1.165, 1.54) is 0 Å². The van der Waals surface area contributed by atoms with Crippen LogP contribution in [0.5, 0.6) is 5.75 Å². The van der Waals surface area contributed by atoms with Crippen molar-refractivity contribution in [1.29, 1.82) is 0 Å². The van der Waals surface area contributed by atoms with Gasteiger partial charge in [0.1, 0.15) is 11.3 Å². The average Bonchev–Trinajstić information content (AvgIpc) is 2.46. The molecule has 3 aromatic rings. The molecule has 0 unspecified atom stereocenters. The summed E-state index contributed by atoms with van der Waals surface area (Å²) in [6.07, 6.45) is 0. The fourth-order valence-corrected chi connectivity index (χ4v) is 2.16. The number of rotatable bonds is 2. The van der Waals surface area contributed by atoms with Crippen LogP contribution in [-0.4, -0.2) is 7.11 Å². The number of nitrogens with two attached hydrogens (primary N) is 1. The normalized spacial score (nSPS) is 10.7. The fourth-order valence-electron chi connectivity index (χ4n) is 2.16. The minimum atomic E-state index is -0.402. The number of ether oxygens (including phenoxy) is 1. The highest BCUT2D eigenvalue weighted by atomic mass is 16.5. The first-order valence-corrected chi connectivity index (χ1v) is 6.16. The molecule has 0 amide bonds. The molecule has 1 aromatic heterocycles. The van der Waals surface area contributed by atoms with Gasteiger partial charge >= 0.3 is 5.63 Å². The molecular formula is C16H13NO3. The molecule has 1 heterocycles. The summed E-state index contributed by atoms with van der Waals surface area (Å²) in [5.74, 6) is 0.649. The SMILES string of the molecule is COc1ccc(-c2cc3ccccc3oc2=O)c(N)c1. The molecule has 0 atom stereocenters.